The summed E-state index contributed by atoms with van der Waals surface area (Å²) in [5.74, 6) is -7.56. The highest BCUT2D eigenvalue weighted by Gasteiger charge is 2.43. The van der Waals surface area contributed by atoms with Crippen LogP contribution in [0.5, 0.6) is 0 Å². The zero-order chi connectivity index (χ0) is 58.8. The third-order valence-corrected chi connectivity index (χ3v) is 15.3. The van der Waals surface area contributed by atoms with Gasteiger partial charge in [-0.15, -0.1) is 0 Å². The Kier molecular flexibility index (Phi) is 24.4. The number of carbonyl (C=O) groups is 10. The lowest BCUT2D eigenvalue weighted by Crippen LogP contribution is -2.62. The van der Waals surface area contributed by atoms with Gasteiger partial charge in [-0.1, -0.05) is 102 Å². The SMILES string of the molecule is CC(C)C[C@@H]1NC(=O)[C@H](CCCN)NC(=O)[C@H](C(C)C)NC(=O)[C@@H]2CCCN2C(=O)[C@@H](Cc2ccccc2)NC(=O)[C@H](C)N(C)C(=O)[C@H](CCCN)NC(=O)[C@H](C(C)C)NC(=O)[C@@H]2CCCN2C(=O)[C@@H](Cc2ccccc2)NC1=O. The molecule has 11 N–H and O–H groups in total. The minimum atomic E-state index is -1.21. The van der Waals surface area contributed by atoms with Gasteiger partial charge in [0.15, 0.2) is 0 Å². The van der Waals surface area contributed by atoms with E-state index in [-0.39, 0.29) is 77.0 Å². The molecule has 22 nitrogen and oxygen atoms in total. The first-order valence-corrected chi connectivity index (χ1v) is 28.5. The second-order valence-corrected chi connectivity index (χ2v) is 22.6. The highest BCUT2D eigenvalue weighted by molar-refractivity contribution is 6.00. The van der Waals surface area contributed by atoms with Crippen molar-refractivity contribution in [2.45, 2.75) is 180 Å². The molecule has 10 atom stereocenters. The predicted molar refractivity (Wildman–Crippen MR) is 301 cm³/mol. The van der Waals surface area contributed by atoms with Crippen LogP contribution in [0.3, 0.4) is 0 Å². The molecule has 22 heteroatoms. The van der Waals surface area contributed by atoms with Gasteiger partial charge in [-0.05, 0) is 107 Å². The first kappa shape index (κ1) is 63.9. The summed E-state index contributed by atoms with van der Waals surface area (Å²) < 4.78 is 0. The van der Waals surface area contributed by atoms with Gasteiger partial charge in [-0.3, -0.25) is 47.9 Å². The van der Waals surface area contributed by atoms with Gasteiger partial charge < -0.3 is 63.4 Å². The van der Waals surface area contributed by atoms with Crippen LogP contribution < -0.4 is 48.7 Å². The normalized spacial score (nSPS) is 27.0. The predicted octanol–water partition coefficient (Wildman–Crippen LogP) is 0.544. The molecule has 0 saturated carbocycles. The zero-order valence-corrected chi connectivity index (χ0v) is 48.0. The quantitative estimate of drug-likeness (QED) is 0.125. The summed E-state index contributed by atoms with van der Waals surface area (Å²) in [6.07, 6.45) is 2.34. The Bertz CT molecular complexity index is 2460. The summed E-state index contributed by atoms with van der Waals surface area (Å²) in [5.41, 5.74) is 13.2. The van der Waals surface area contributed by atoms with E-state index >= 15 is 0 Å². The second-order valence-electron chi connectivity index (χ2n) is 22.6. The Hall–Kier alpha value is -6.94. The average Bonchev–Trinajstić information content (AvgIpc) is 4.16. The van der Waals surface area contributed by atoms with Crippen LogP contribution in [0.2, 0.25) is 0 Å². The fourth-order valence-corrected chi connectivity index (χ4v) is 10.5. The van der Waals surface area contributed by atoms with Crippen molar-refractivity contribution in [3.8, 4) is 0 Å². The molecule has 0 radical (unpaired) electrons. The molecule has 10 amide bonds. The van der Waals surface area contributed by atoms with Gasteiger partial charge in [0, 0.05) is 33.0 Å². The average molecular weight is 1110 g/mol. The molecule has 2 aromatic carbocycles. The highest BCUT2D eigenvalue weighted by Crippen LogP contribution is 2.24. The first-order valence-electron chi connectivity index (χ1n) is 28.5. The third-order valence-electron chi connectivity index (χ3n) is 15.3. The number of nitrogens with two attached hydrogens (primary N) is 2. The summed E-state index contributed by atoms with van der Waals surface area (Å²) in [7, 11) is 1.41. The lowest BCUT2D eigenvalue weighted by Gasteiger charge is -2.33. The van der Waals surface area contributed by atoms with Crippen molar-refractivity contribution < 1.29 is 47.9 Å². The molecular formula is C58H88N12O10. The number of nitrogens with one attached hydrogen (secondary N) is 7. The molecule has 3 saturated heterocycles. The number of benzene rings is 2. The number of hydrogen-bond donors (Lipinski definition) is 9. The molecule has 440 valence electrons. The van der Waals surface area contributed by atoms with Crippen molar-refractivity contribution >= 4 is 59.1 Å². The molecule has 0 bridgehead atoms. The number of fused-ring (bicyclic) bond motifs is 2. The van der Waals surface area contributed by atoms with Crippen LogP contribution in [0.1, 0.15) is 117 Å². The van der Waals surface area contributed by atoms with Crippen LogP contribution in [0.4, 0.5) is 0 Å². The molecule has 5 rings (SSSR count). The van der Waals surface area contributed by atoms with Crippen LogP contribution in [-0.2, 0) is 60.8 Å². The molecule has 3 fully saturated rings. The summed E-state index contributed by atoms with van der Waals surface area (Å²) in [6.45, 7) is 12.8. The van der Waals surface area contributed by atoms with Gasteiger partial charge >= 0.3 is 0 Å². The molecule has 3 aliphatic rings. The zero-order valence-electron chi connectivity index (χ0n) is 48.0. The molecule has 0 spiro atoms. The van der Waals surface area contributed by atoms with Crippen LogP contribution in [-0.4, -0.2) is 167 Å². The largest absolute Gasteiger partial charge is 0.343 e. The Morgan fingerprint density at radius 2 is 0.863 bits per heavy atom. The standard InChI is InChI=1S/C58H88N12O10/c1-34(2)31-42-51(73)65-44(33-39-21-13-10-14-22-39)58(80)70-30-18-26-46(70)53(75)67-48(36(5)6)55(77)62-41(24-16-28-60)56(78)68(8)37(7)49(71)64-43(32-38-19-11-9-12-20-38)57(79)69-29-17-25-45(69)52(74)66-47(35(3)4)54(76)61-40(23-15-27-59)50(72)63-42/h9-14,19-22,34-37,40-48H,15-18,23-33,59-60H2,1-8H3,(H,61,76)(H,62,77)(H,63,72)(H,64,71)(H,65,73)(H,66,74)(H,67,75)/t37-,40-,41-,42-,43+,44+,45-,46-,47-,48-/m0/s1. The van der Waals surface area contributed by atoms with Crippen LogP contribution in [0.25, 0.3) is 0 Å². The van der Waals surface area contributed by atoms with Crippen LogP contribution in [0, 0.1) is 17.8 Å². The molecule has 0 unspecified atom stereocenters. The van der Waals surface area contributed by atoms with Crippen LogP contribution in [0.15, 0.2) is 60.7 Å². The second kappa shape index (κ2) is 30.6. The first-order chi connectivity index (χ1) is 38.1. The maximum absolute atomic E-state index is 14.9. The van der Waals surface area contributed by atoms with E-state index < -0.39 is 131 Å². The minimum Gasteiger partial charge on any atom is -0.343 e. The molecule has 80 heavy (non-hydrogen) atoms. The molecule has 3 aliphatic heterocycles. The van der Waals surface area contributed by atoms with Gasteiger partial charge in [0.2, 0.25) is 59.1 Å². The monoisotopic (exact) mass is 1110 g/mol. The van der Waals surface area contributed by atoms with Gasteiger partial charge in [-0.25, -0.2) is 0 Å². The fourth-order valence-electron chi connectivity index (χ4n) is 10.5. The van der Waals surface area contributed by atoms with Gasteiger partial charge in [0.1, 0.15) is 60.4 Å². The maximum Gasteiger partial charge on any atom is 0.246 e. The van der Waals surface area contributed by atoms with E-state index in [4.69, 9.17) is 11.5 Å². The number of nitrogens with zero attached hydrogens (tertiary/aromatic N) is 3. The van der Waals surface area contributed by atoms with Crippen molar-refractivity contribution in [3.05, 3.63) is 71.8 Å². The van der Waals surface area contributed by atoms with Crippen molar-refractivity contribution in [1.29, 1.82) is 0 Å². The van der Waals surface area contributed by atoms with E-state index in [9.17, 15) is 47.9 Å². The lowest BCUT2D eigenvalue weighted by molar-refractivity contribution is -0.145. The van der Waals surface area contributed by atoms with E-state index in [2.05, 4.69) is 37.2 Å². The number of hydrogen-bond acceptors (Lipinski definition) is 12. The number of carbonyl (C=O) groups excluding carboxylic acids is 10. The van der Waals surface area contributed by atoms with Gasteiger partial charge in [0.25, 0.3) is 0 Å². The van der Waals surface area contributed by atoms with E-state index in [0.717, 1.165) is 0 Å². The smallest absolute Gasteiger partial charge is 0.246 e. The van der Waals surface area contributed by atoms with E-state index in [1.807, 2.05) is 26.0 Å². The topological polar surface area (TPSA) is 317 Å². The summed E-state index contributed by atoms with van der Waals surface area (Å²) >= 11 is 0. The Morgan fingerprint density at radius 3 is 1.29 bits per heavy atom. The van der Waals surface area contributed by atoms with Gasteiger partial charge in [-0.2, -0.15) is 0 Å². The van der Waals surface area contributed by atoms with Gasteiger partial charge in [0.05, 0.1) is 0 Å². The molecule has 2 aromatic rings. The third kappa shape index (κ3) is 17.5. The molecule has 0 aliphatic carbocycles. The van der Waals surface area contributed by atoms with Crippen molar-refractivity contribution in [2.24, 2.45) is 29.2 Å². The van der Waals surface area contributed by atoms with Crippen molar-refractivity contribution in [1.82, 2.24) is 51.9 Å². The van der Waals surface area contributed by atoms with E-state index in [0.29, 0.717) is 36.8 Å². The molecular weight excluding hydrogens is 1020 g/mol. The van der Waals surface area contributed by atoms with E-state index in [1.54, 1.807) is 76.2 Å². The Balaban J connectivity index is 1.57. The highest BCUT2D eigenvalue weighted by atomic mass is 16.2. The summed E-state index contributed by atoms with van der Waals surface area (Å²) in [6, 6.07) is 6.32. The molecule has 3 heterocycles. The Morgan fingerprint density at radius 1 is 0.475 bits per heavy atom. The summed E-state index contributed by atoms with van der Waals surface area (Å²) in [5, 5.41) is 19.9. The maximum atomic E-state index is 14.9. The Labute approximate surface area is 471 Å². The fraction of sp³-hybridized carbons (Fsp3) is 0.621. The number of amides is 10. The molecule has 0 aromatic heterocycles. The number of rotatable bonds is 14. The van der Waals surface area contributed by atoms with Crippen molar-refractivity contribution in [2.75, 3.05) is 33.2 Å². The summed E-state index contributed by atoms with van der Waals surface area (Å²) in [4.78, 5) is 149. The lowest BCUT2D eigenvalue weighted by atomic mass is 9.99. The van der Waals surface area contributed by atoms with Crippen LogP contribution >= 0.6 is 0 Å². The number of likely N-dealkylation sites (N-methyl/N-ethyl adjacent to an activating group) is 1. The van der Waals surface area contributed by atoms with Crippen molar-refractivity contribution in [3.63, 3.8) is 0 Å². The minimum absolute atomic E-state index is 0.0289. The van der Waals surface area contributed by atoms with E-state index in [1.165, 1.54) is 28.7 Å².